The van der Waals surface area contributed by atoms with Crippen molar-refractivity contribution in [2.45, 2.75) is 6.42 Å². The van der Waals surface area contributed by atoms with Gasteiger partial charge in [0.05, 0.1) is 20.3 Å². The minimum atomic E-state index is 0.671. The van der Waals surface area contributed by atoms with E-state index in [9.17, 15) is 0 Å². The molecular weight excluding hydrogens is 398 g/mol. The third-order valence-corrected chi connectivity index (χ3v) is 5.51. The molecule has 2 aromatic carbocycles. The van der Waals surface area contributed by atoms with Gasteiger partial charge >= 0.3 is 0 Å². The summed E-state index contributed by atoms with van der Waals surface area (Å²) in [7, 11) is 1.66. The van der Waals surface area contributed by atoms with E-state index < -0.39 is 0 Å². The van der Waals surface area contributed by atoms with Crippen molar-refractivity contribution in [1.29, 1.82) is 0 Å². The van der Waals surface area contributed by atoms with Crippen LogP contribution in [0.15, 0.2) is 60.8 Å². The Bertz CT molecular complexity index is 972. The Morgan fingerprint density at radius 2 is 1.87 bits per heavy atom. The summed E-state index contributed by atoms with van der Waals surface area (Å²) in [5.41, 5.74) is 4.27. The Balaban J connectivity index is 1.42. The van der Waals surface area contributed by atoms with Crippen molar-refractivity contribution in [2.75, 3.05) is 45.3 Å². The second kappa shape index (κ2) is 9.94. The third-order valence-electron chi connectivity index (χ3n) is 5.28. The van der Waals surface area contributed by atoms with Crippen LogP contribution in [-0.2, 0) is 11.2 Å². The van der Waals surface area contributed by atoms with E-state index in [4.69, 9.17) is 21.1 Å². The summed E-state index contributed by atoms with van der Waals surface area (Å²) in [6.07, 6.45) is 2.83. The number of methoxy groups -OCH3 is 1. The maximum absolute atomic E-state index is 6.19. The summed E-state index contributed by atoms with van der Waals surface area (Å²) < 4.78 is 10.9. The largest absolute Gasteiger partial charge is 0.496 e. The number of nitrogens with one attached hydrogen (secondary N) is 1. The number of anilines is 2. The molecule has 156 valence electrons. The Morgan fingerprint density at radius 1 is 1.07 bits per heavy atom. The molecule has 1 fully saturated rings. The van der Waals surface area contributed by atoms with Gasteiger partial charge in [0.15, 0.2) is 0 Å². The fraction of sp³-hybridized carbons (Fsp3) is 0.292. The van der Waals surface area contributed by atoms with Crippen LogP contribution < -0.4 is 10.1 Å². The van der Waals surface area contributed by atoms with Gasteiger partial charge in [0.25, 0.3) is 0 Å². The monoisotopic (exact) mass is 423 g/mol. The number of pyridine rings is 1. The predicted octanol–water partition coefficient (Wildman–Crippen LogP) is 5.03. The van der Waals surface area contributed by atoms with Gasteiger partial charge in [-0.2, -0.15) is 0 Å². The van der Waals surface area contributed by atoms with Crippen molar-refractivity contribution >= 4 is 23.1 Å². The molecule has 3 aromatic rings. The first kappa shape index (κ1) is 20.7. The zero-order chi connectivity index (χ0) is 20.8. The number of ether oxygens (including phenoxy) is 2. The smallest absolute Gasteiger partial charge is 0.130 e. The standard InChI is InChI=1S/C24H26ClN3O2/c1-29-23-7-4-20(25)17-22(23)19-8-10-26-24(16-19)27-21-5-2-18(3-6-21)9-11-28-12-14-30-15-13-28/h2-8,10,16-17H,9,11-15H2,1H3,(H,26,27). The first-order valence-corrected chi connectivity index (χ1v) is 10.5. The highest BCUT2D eigenvalue weighted by atomic mass is 35.5. The Hall–Kier alpha value is -2.60. The molecule has 0 saturated carbocycles. The second-order valence-corrected chi connectivity index (χ2v) is 7.74. The van der Waals surface area contributed by atoms with Gasteiger partial charge in [-0.25, -0.2) is 4.98 Å². The summed E-state index contributed by atoms with van der Waals surface area (Å²) in [6.45, 7) is 4.81. The molecule has 0 unspecified atom stereocenters. The highest BCUT2D eigenvalue weighted by molar-refractivity contribution is 6.31. The normalized spacial score (nSPS) is 14.5. The minimum Gasteiger partial charge on any atom is -0.496 e. The Morgan fingerprint density at radius 3 is 2.63 bits per heavy atom. The maximum atomic E-state index is 6.19. The number of halogens is 1. The lowest BCUT2D eigenvalue weighted by Crippen LogP contribution is -2.37. The Labute approximate surface area is 182 Å². The molecule has 1 saturated heterocycles. The Kier molecular flexibility index (Phi) is 6.84. The second-order valence-electron chi connectivity index (χ2n) is 7.30. The van der Waals surface area contributed by atoms with Crippen LogP contribution in [0.25, 0.3) is 11.1 Å². The zero-order valence-electron chi connectivity index (χ0n) is 17.1. The first-order chi connectivity index (χ1) is 14.7. The van der Waals surface area contributed by atoms with E-state index >= 15 is 0 Å². The van der Waals surface area contributed by atoms with Crippen molar-refractivity contribution in [3.05, 3.63) is 71.4 Å². The quantitative estimate of drug-likeness (QED) is 0.577. The van der Waals surface area contributed by atoms with Gasteiger partial charge in [0, 0.05) is 42.1 Å². The zero-order valence-corrected chi connectivity index (χ0v) is 17.9. The van der Waals surface area contributed by atoms with E-state index in [2.05, 4.69) is 39.5 Å². The number of hydrogen-bond donors (Lipinski definition) is 1. The number of aromatic nitrogens is 1. The van der Waals surface area contributed by atoms with Gasteiger partial charge in [-0.1, -0.05) is 23.7 Å². The highest BCUT2D eigenvalue weighted by Gasteiger charge is 2.10. The topological polar surface area (TPSA) is 46.6 Å². The van der Waals surface area contributed by atoms with Crippen molar-refractivity contribution in [2.24, 2.45) is 0 Å². The van der Waals surface area contributed by atoms with Crippen LogP contribution in [0.4, 0.5) is 11.5 Å². The molecule has 5 nitrogen and oxygen atoms in total. The molecule has 0 aliphatic carbocycles. The molecule has 4 rings (SSSR count). The fourth-order valence-electron chi connectivity index (χ4n) is 3.59. The molecule has 1 aromatic heterocycles. The van der Waals surface area contributed by atoms with Crippen molar-refractivity contribution < 1.29 is 9.47 Å². The number of rotatable bonds is 7. The van der Waals surface area contributed by atoms with E-state index in [-0.39, 0.29) is 0 Å². The number of hydrogen-bond acceptors (Lipinski definition) is 5. The van der Waals surface area contributed by atoms with Crippen LogP contribution in [0.2, 0.25) is 5.02 Å². The first-order valence-electron chi connectivity index (χ1n) is 10.2. The van der Waals surface area contributed by atoms with Gasteiger partial charge in [-0.05, 0) is 60.0 Å². The van der Waals surface area contributed by atoms with Crippen LogP contribution in [0.1, 0.15) is 5.56 Å². The molecule has 0 amide bonds. The van der Waals surface area contributed by atoms with Gasteiger partial charge in [0.1, 0.15) is 11.6 Å². The average Bonchev–Trinajstić information content (AvgIpc) is 2.79. The average molecular weight is 424 g/mol. The highest BCUT2D eigenvalue weighted by Crippen LogP contribution is 2.33. The lowest BCUT2D eigenvalue weighted by Gasteiger charge is -2.26. The lowest BCUT2D eigenvalue weighted by molar-refractivity contribution is 0.0384. The molecule has 1 aliphatic heterocycles. The molecule has 0 spiro atoms. The van der Waals surface area contributed by atoms with Crippen LogP contribution in [0.5, 0.6) is 5.75 Å². The number of benzene rings is 2. The van der Waals surface area contributed by atoms with E-state index in [1.165, 1.54) is 5.56 Å². The van der Waals surface area contributed by atoms with E-state index in [0.29, 0.717) is 5.02 Å². The molecule has 0 bridgehead atoms. The molecule has 1 aliphatic rings. The molecule has 1 N–H and O–H groups in total. The lowest BCUT2D eigenvalue weighted by atomic mass is 10.1. The minimum absolute atomic E-state index is 0.671. The maximum Gasteiger partial charge on any atom is 0.130 e. The van der Waals surface area contributed by atoms with Crippen LogP contribution in [0, 0.1) is 0 Å². The fourth-order valence-corrected chi connectivity index (χ4v) is 3.76. The van der Waals surface area contributed by atoms with Crippen LogP contribution >= 0.6 is 11.6 Å². The predicted molar refractivity (Wildman–Crippen MR) is 122 cm³/mol. The summed E-state index contributed by atoms with van der Waals surface area (Å²) in [5.74, 6) is 1.55. The van der Waals surface area contributed by atoms with E-state index in [0.717, 1.165) is 67.7 Å². The summed E-state index contributed by atoms with van der Waals surface area (Å²) in [4.78, 5) is 6.91. The molecule has 0 radical (unpaired) electrons. The van der Waals surface area contributed by atoms with Gasteiger partial charge in [-0.15, -0.1) is 0 Å². The van der Waals surface area contributed by atoms with Crippen molar-refractivity contribution in [1.82, 2.24) is 9.88 Å². The van der Waals surface area contributed by atoms with Crippen molar-refractivity contribution in [3.63, 3.8) is 0 Å². The number of morpholine rings is 1. The summed E-state index contributed by atoms with van der Waals surface area (Å²) in [6, 6.07) is 18.1. The molecule has 2 heterocycles. The van der Waals surface area contributed by atoms with Gasteiger partial charge < -0.3 is 14.8 Å². The molecule has 6 heteroatoms. The van der Waals surface area contributed by atoms with Gasteiger partial charge in [0.2, 0.25) is 0 Å². The molecular formula is C24H26ClN3O2. The van der Waals surface area contributed by atoms with Crippen molar-refractivity contribution in [3.8, 4) is 16.9 Å². The molecule has 0 atom stereocenters. The molecule has 30 heavy (non-hydrogen) atoms. The summed E-state index contributed by atoms with van der Waals surface area (Å²) in [5, 5.41) is 4.06. The van der Waals surface area contributed by atoms with Crippen LogP contribution in [-0.4, -0.2) is 49.8 Å². The number of nitrogens with zero attached hydrogens (tertiary/aromatic N) is 2. The van der Waals surface area contributed by atoms with E-state index in [1.54, 1.807) is 13.3 Å². The SMILES string of the molecule is COc1ccc(Cl)cc1-c1ccnc(Nc2ccc(CCN3CCOCC3)cc2)c1. The van der Waals surface area contributed by atoms with E-state index in [1.807, 2.05) is 30.3 Å². The van der Waals surface area contributed by atoms with Crippen LogP contribution in [0.3, 0.4) is 0 Å². The summed E-state index contributed by atoms with van der Waals surface area (Å²) >= 11 is 6.19. The third kappa shape index (κ3) is 5.30. The van der Waals surface area contributed by atoms with Gasteiger partial charge in [-0.3, -0.25) is 4.90 Å².